The lowest BCUT2D eigenvalue weighted by molar-refractivity contribution is -0.120. The van der Waals surface area contributed by atoms with Crippen LogP contribution in [0.1, 0.15) is 12.0 Å². The summed E-state index contributed by atoms with van der Waals surface area (Å²) < 4.78 is 24.8. The van der Waals surface area contributed by atoms with Crippen LogP contribution in [0.4, 0.5) is 0 Å². The molecule has 0 aliphatic carbocycles. The molecule has 0 atom stereocenters. The SMILES string of the molecule is O=C(Cc1c[nH]c2cc(Cl)ccc12)NCCN1CCCS1(=O)=O. The van der Waals surface area contributed by atoms with Crippen molar-refractivity contribution < 1.29 is 13.2 Å². The average Bonchev–Trinajstić information content (AvgIpc) is 3.02. The number of sulfonamides is 1. The van der Waals surface area contributed by atoms with Crippen molar-refractivity contribution in [3.8, 4) is 0 Å². The summed E-state index contributed by atoms with van der Waals surface area (Å²) in [4.78, 5) is 15.1. The zero-order chi connectivity index (χ0) is 16.4. The number of amides is 1. The van der Waals surface area contributed by atoms with Crippen LogP contribution in [-0.2, 0) is 21.2 Å². The minimum absolute atomic E-state index is 0.127. The molecule has 1 amide bonds. The van der Waals surface area contributed by atoms with Crippen LogP contribution in [-0.4, -0.2) is 49.0 Å². The molecule has 2 heterocycles. The molecule has 23 heavy (non-hydrogen) atoms. The normalized spacial score (nSPS) is 17.6. The van der Waals surface area contributed by atoms with Crippen molar-refractivity contribution in [2.45, 2.75) is 12.8 Å². The van der Waals surface area contributed by atoms with E-state index in [2.05, 4.69) is 10.3 Å². The maximum absolute atomic E-state index is 12.0. The van der Waals surface area contributed by atoms with Crippen LogP contribution in [0.25, 0.3) is 10.9 Å². The Bertz CT molecular complexity index is 832. The number of H-pyrrole nitrogens is 1. The van der Waals surface area contributed by atoms with Crippen molar-refractivity contribution in [3.63, 3.8) is 0 Å². The van der Waals surface area contributed by atoms with Crippen molar-refractivity contribution in [1.29, 1.82) is 0 Å². The van der Waals surface area contributed by atoms with Gasteiger partial charge in [0.25, 0.3) is 0 Å². The zero-order valence-corrected chi connectivity index (χ0v) is 14.1. The molecule has 0 bridgehead atoms. The number of benzene rings is 1. The van der Waals surface area contributed by atoms with E-state index < -0.39 is 10.0 Å². The number of nitrogens with zero attached hydrogens (tertiary/aromatic N) is 1. The first-order chi connectivity index (χ1) is 11.0. The number of hydrogen-bond acceptors (Lipinski definition) is 3. The smallest absolute Gasteiger partial charge is 0.224 e. The largest absolute Gasteiger partial charge is 0.361 e. The van der Waals surface area contributed by atoms with Gasteiger partial charge in [0, 0.05) is 41.8 Å². The van der Waals surface area contributed by atoms with Gasteiger partial charge in [-0.15, -0.1) is 0 Å². The van der Waals surface area contributed by atoms with E-state index in [0.29, 0.717) is 31.1 Å². The van der Waals surface area contributed by atoms with Gasteiger partial charge in [-0.25, -0.2) is 12.7 Å². The fourth-order valence-electron chi connectivity index (χ4n) is 2.80. The fraction of sp³-hybridized carbons (Fsp3) is 0.400. The fourth-order valence-corrected chi connectivity index (χ4v) is 4.50. The molecule has 0 radical (unpaired) electrons. The molecule has 1 aliphatic rings. The summed E-state index contributed by atoms with van der Waals surface area (Å²) in [5.41, 5.74) is 1.78. The maximum atomic E-state index is 12.0. The van der Waals surface area contributed by atoms with Gasteiger partial charge < -0.3 is 10.3 Å². The number of carbonyl (C=O) groups is 1. The minimum Gasteiger partial charge on any atom is -0.361 e. The topological polar surface area (TPSA) is 82.3 Å². The maximum Gasteiger partial charge on any atom is 0.224 e. The summed E-state index contributed by atoms with van der Waals surface area (Å²) in [7, 11) is -3.10. The van der Waals surface area contributed by atoms with Crippen molar-refractivity contribution in [2.75, 3.05) is 25.4 Å². The first-order valence-corrected chi connectivity index (χ1v) is 9.44. The molecule has 0 spiro atoms. The molecule has 1 saturated heterocycles. The second-order valence-corrected chi connectivity index (χ2v) is 8.12. The second-order valence-electron chi connectivity index (χ2n) is 5.60. The summed E-state index contributed by atoms with van der Waals surface area (Å²) >= 11 is 5.93. The predicted octanol–water partition coefficient (Wildman–Crippen LogP) is 1.52. The average molecular weight is 356 g/mol. The number of halogens is 1. The first-order valence-electron chi connectivity index (χ1n) is 7.46. The molecule has 124 valence electrons. The third kappa shape index (κ3) is 3.68. The van der Waals surface area contributed by atoms with Crippen LogP contribution in [0.5, 0.6) is 0 Å². The molecule has 0 saturated carbocycles. The first kappa shape index (κ1) is 16.3. The standard InChI is InChI=1S/C15H18ClN3O3S/c16-12-2-3-13-11(10-18-14(13)9-12)8-15(20)17-4-6-19-5-1-7-23(19,21)22/h2-3,9-10,18H,1,4-8H2,(H,17,20). The number of nitrogens with one attached hydrogen (secondary N) is 2. The Morgan fingerprint density at radius 1 is 1.39 bits per heavy atom. The van der Waals surface area contributed by atoms with Gasteiger partial charge in [-0.2, -0.15) is 0 Å². The second kappa shape index (κ2) is 6.51. The molecule has 2 aromatic rings. The van der Waals surface area contributed by atoms with Crippen molar-refractivity contribution in [3.05, 3.63) is 35.0 Å². The highest BCUT2D eigenvalue weighted by Crippen LogP contribution is 2.22. The third-order valence-corrected chi connectivity index (χ3v) is 6.16. The predicted molar refractivity (Wildman–Crippen MR) is 90.0 cm³/mol. The van der Waals surface area contributed by atoms with Crippen LogP contribution in [0.3, 0.4) is 0 Å². The van der Waals surface area contributed by atoms with E-state index >= 15 is 0 Å². The highest BCUT2D eigenvalue weighted by atomic mass is 35.5. The number of carbonyl (C=O) groups excluding carboxylic acids is 1. The molecule has 8 heteroatoms. The monoisotopic (exact) mass is 355 g/mol. The van der Waals surface area contributed by atoms with Crippen molar-refractivity contribution >= 4 is 38.4 Å². The molecule has 1 aromatic heterocycles. The molecular formula is C15H18ClN3O3S. The van der Waals surface area contributed by atoms with E-state index in [1.807, 2.05) is 12.1 Å². The minimum atomic E-state index is -3.10. The molecule has 0 unspecified atom stereocenters. The lowest BCUT2D eigenvalue weighted by atomic mass is 10.1. The van der Waals surface area contributed by atoms with E-state index in [9.17, 15) is 13.2 Å². The Hall–Kier alpha value is -1.57. The number of aromatic nitrogens is 1. The van der Waals surface area contributed by atoms with E-state index in [1.54, 1.807) is 12.3 Å². The number of aromatic amines is 1. The van der Waals surface area contributed by atoms with Crippen LogP contribution >= 0.6 is 11.6 Å². The Kier molecular flexibility index (Phi) is 4.61. The Labute approximate surface area is 139 Å². The zero-order valence-electron chi connectivity index (χ0n) is 12.5. The van der Waals surface area contributed by atoms with Gasteiger partial charge in [-0.05, 0) is 24.1 Å². The third-order valence-electron chi connectivity index (χ3n) is 3.97. The molecular weight excluding hydrogens is 338 g/mol. The van der Waals surface area contributed by atoms with E-state index in [0.717, 1.165) is 16.5 Å². The highest BCUT2D eigenvalue weighted by Gasteiger charge is 2.27. The van der Waals surface area contributed by atoms with Gasteiger partial charge in [0.2, 0.25) is 15.9 Å². The van der Waals surface area contributed by atoms with Crippen molar-refractivity contribution in [2.24, 2.45) is 0 Å². The van der Waals surface area contributed by atoms with Gasteiger partial charge in [0.15, 0.2) is 0 Å². The number of fused-ring (bicyclic) bond motifs is 1. The van der Waals surface area contributed by atoms with Gasteiger partial charge in [0.05, 0.1) is 12.2 Å². The van der Waals surface area contributed by atoms with E-state index in [4.69, 9.17) is 11.6 Å². The van der Waals surface area contributed by atoms with Crippen LogP contribution in [0.15, 0.2) is 24.4 Å². The summed E-state index contributed by atoms with van der Waals surface area (Å²) in [6, 6.07) is 5.49. The van der Waals surface area contributed by atoms with Crippen molar-refractivity contribution in [1.82, 2.24) is 14.6 Å². The summed E-state index contributed by atoms with van der Waals surface area (Å²) in [6.07, 6.45) is 2.70. The highest BCUT2D eigenvalue weighted by molar-refractivity contribution is 7.89. The summed E-state index contributed by atoms with van der Waals surface area (Å²) in [5, 5.41) is 4.38. The van der Waals surface area contributed by atoms with Gasteiger partial charge >= 0.3 is 0 Å². The van der Waals surface area contributed by atoms with Crippen LogP contribution < -0.4 is 5.32 Å². The quantitative estimate of drug-likeness (QED) is 0.853. The van der Waals surface area contributed by atoms with E-state index in [1.165, 1.54) is 4.31 Å². The van der Waals surface area contributed by atoms with Gasteiger partial charge in [-0.1, -0.05) is 17.7 Å². The van der Waals surface area contributed by atoms with Crippen LogP contribution in [0.2, 0.25) is 5.02 Å². The molecule has 1 fully saturated rings. The van der Waals surface area contributed by atoms with Gasteiger partial charge in [0.1, 0.15) is 0 Å². The van der Waals surface area contributed by atoms with Gasteiger partial charge in [-0.3, -0.25) is 4.79 Å². The molecule has 6 nitrogen and oxygen atoms in total. The molecule has 3 rings (SSSR count). The Morgan fingerprint density at radius 2 is 2.22 bits per heavy atom. The number of rotatable bonds is 5. The molecule has 1 aromatic carbocycles. The Balaban J connectivity index is 1.55. The van der Waals surface area contributed by atoms with E-state index in [-0.39, 0.29) is 18.1 Å². The number of hydrogen-bond donors (Lipinski definition) is 2. The molecule has 2 N–H and O–H groups in total. The Morgan fingerprint density at radius 3 is 2.96 bits per heavy atom. The lowest BCUT2D eigenvalue weighted by Crippen LogP contribution is -2.36. The van der Waals surface area contributed by atoms with Crippen LogP contribution in [0, 0.1) is 0 Å². The molecule has 1 aliphatic heterocycles. The lowest BCUT2D eigenvalue weighted by Gasteiger charge is -2.14. The summed E-state index contributed by atoms with van der Waals surface area (Å²) in [5.74, 6) is 0.0798. The summed E-state index contributed by atoms with van der Waals surface area (Å²) in [6.45, 7) is 1.20.